The number of anilines is 2. The Kier molecular flexibility index (Phi) is 2.44. The van der Waals surface area contributed by atoms with Gasteiger partial charge in [-0.1, -0.05) is 0 Å². The molecule has 0 bridgehead atoms. The lowest BCUT2D eigenvalue weighted by molar-refractivity contribution is 0.246. The molecule has 0 saturated carbocycles. The third-order valence-electron chi connectivity index (χ3n) is 4.02. The van der Waals surface area contributed by atoms with Crippen LogP contribution in [0.3, 0.4) is 0 Å². The molecular formula is C13H15N5S. The van der Waals surface area contributed by atoms with Gasteiger partial charge in [-0.05, 0) is 12.5 Å². The van der Waals surface area contributed by atoms with Gasteiger partial charge < -0.3 is 9.80 Å². The number of rotatable bonds is 2. The van der Waals surface area contributed by atoms with Gasteiger partial charge >= 0.3 is 0 Å². The van der Waals surface area contributed by atoms with Crippen molar-refractivity contribution in [2.24, 2.45) is 5.41 Å². The highest BCUT2D eigenvalue weighted by Crippen LogP contribution is 2.42. The molecule has 2 aromatic rings. The van der Waals surface area contributed by atoms with Crippen LogP contribution in [0.5, 0.6) is 0 Å². The van der Waals surface area contributed by atoms with Crippen molar-refractivity contribution < 1.29 is 0 Å². The van der Waals surface area contributed by atoms with E-state index in [1.807, 2.05) is 30.0 Å². The van der Waals surface area contributed by atoms with E-state index in [0.717, 1.165) is 37.3 Å². The average Bonchev–Trinajstić information content (AvgIpc) is 3.07. The zero-order valence-electron chi connectivity index (χ0n) is 10.6. The number of nitrogens with zero attached hydrogens (tertiary/aromatic N) is 5. The van der Waals surface area contributed by atoms with Crippen LogP contribution in [0.15, 0.2) is 30.0 Å². The lowest BCUT2D eigenvalue weighted by Crippen LogP contribution is -2.57. The average molecular weight is 273 g/mol. The zero-order chi connectivity index (χ0) is 12.7. The summed E-state index contributed by atoms with van der Waals surface area (Å²) in [5.74, 6) is 0.868. The van der Waals surface area contributed by atoms with Crippen LogP contribution in [-0.4, -0.2) is 41.1 Å². The Balaban J connectivity index is 1.44. The maximum Gasteiger partial charge on any atom is 0.225 e. The molecule has 2 fully saturated rings. The maximum atomic E-state index is 4.38. The molecule has 2 aliphatic heterocycles. The van der Waals surface area contributed by atoms with E-state index in [2.05, 4.69) is 24.8 Å². The minimum Gasteiger partial charge on any atom is -0.347 e. The Hall–Kier alpha value is -1.69. The van der Waals surface area contributed by atoms with E-state index in [1.54, 1.807) is 11.3 Å². The summed E-state index contributed by atoms with van der Waals surface area (Å²) in [6, 6.07) is 1.86. The Bertz CT molecular complexity index is 550. The van der Waals surface area contributed by atoms with Gasteiger partial charge in [0.2, 0.25) is 5.95 Å². The first-order chi connectivity index (χ1) is 9.35. The minimum atomic E-state index is 0.421. The van der Waals surface area contributed by atoms with Crippen molar-refractivity contribution in [3.63, 3.8) is 0 Å². The molecule has 0 atom stereocenters. The fraction of sp³-hybridized carbons (Fsp3) is 0.462. The Morgan fingerprint density at radius 1 is 1.00 bits per heavy atom. The predicted octanol–water partition coefficient (Wildman–Crippen LogP) is 1.65. The van der Waals surface area contributed by atoms with Gasteiger partial charge in [-0.3, -0.25) is 0 Å². The third kappa shape index (κ3) is 1.87. The van der Waals surface area contributed by atoms with Gasteiger partial charge in [-0.25, -0.2) is 15.0 Å². The third-order valence-corrected chi connectivity index (χ3v) is 4.85. The van der Waals surface area contributed by atoms with Crippen LogP contribution in [-0.2, 0) is 0 Å². The van der Waals surface area contributed by atoms with Crippen molar-refractivity contribution in [1.29, 1.82) is 0 Å². The van der Waals surface area contributed by atoms with Crippen LogP contribution in [0.1, 0.15) is 6.42 Å². The second-order valence-corrected chi connectivity index (χ2v) is 6.26. The molecule has 0 unspecified atom stereocenters. The van der Waals surface area contributed by atoms with Gasteiger partial charge in [0, 0.05) is 55.6 Å². The van der Waals surface area contributed by atoms with E-state index >= 15 is 0 Å². The summed E-state index contributed by atoms with van der Waals surface area (Å²) in [6.07, 6.45) is 6.74. The fourth-order valence-electron chi connectivity index (χ4n) is 3.09. The first kappa shape index (κ1) is 11.2. The molecule has 2 saturated heterocycles. The minimum absolute atomic E-state index is 0.421. The van der Waals surface area contributed by atoms with Crippen molar-refractivity contribution in [3.05, 3.63) is 30.0 Å². The molecule has 0 aliphatic carbocycles. The van der Waals surface area contributed by atoms with Crippen LogP contribution in [0.25, 0.3) is 0 Å². The van der Waals surface area contributed by atoms with E-state index in [9.17, 15) is 0 Å². The monoisotopic (exact) mass is 273 g/mol. The molecule has 4 heterocycles. The largest absolute Gasteiger partial charge is 0.347 e. The first-order valence-corrected chi connectivity index (χ1v) is 7.39. The summed E-state index contributed by atoms with van der Waals surface area (Å²) >= 11 is 1.72. The molecule has 2 aromatic heterocycles. The SMILES string of the molecule is c1cnc(N2CCC3(C2)CN(c2nccs2)C3)nc1. The predicted molar refractivity (Wildman–Crippen MR) is 75.6 cm³/mol. The second kappa shape index (κ2) is 4.16. The number of hydrogen-bond acceptors (Lipinski definition) is 6. The van der Waals surface area contributed by atoms with Crippen molar-refractivity contribution in [1.82, 2.24) is 15.0 Å². The lowest BCUT2D eigenvalue weighted by Gasteiger charge is -2.47. The smallest absolute Gasteiger partial charge is 0.225 e. The first-order valence-electron chi connectivity index (χ1n) is 6.51. The Morgan fingerprint density at radius 3 is 2.53 bits per heavy atom. The van der Waals surface area contributed by atoms with Crippen LogP contribution in [0, 0.1) is 5.41 Å². The Morgan fingerprint density at radius 2 is 1.79 bits per heavy atom. The number of aromatic nitrogens is 3. The standard InChI is InChI=1S/C13H15N5S/c1-3-14-11(15-4-1)17-6-2-13(8-17)9-18(10-13)12-16-5-7-19-12/h1,3-5,7H,2,6,8-10H2. The maximum absolute atomic E-state index is 4.38. The molecule has 4 rings (SSSR count). The van der Waals surface area contributed by atoms with Gasteiger partial charge in [0.15, 0.2) is 5.13 Å². The molecule has 5 nitrogen and oxygen atoms in total. The molecule has 6 heteroatoms. The van der Waals surface area contributed by atoms with Gasteiger partial charge in [-0.15, -0.1) is 11.3 Å². The van der Waals surface area contributed by atoms with Crippen LogP contribution in [0.4, 0.5) is 11.1 Å². The quantitative estimate of drug-likeness (QED) is 0.832. The summed E-state index contributed by atoms with van der Waals surface area (Å²) < 4.78 is 0. The number of thiazole rings is 1. The van der Waals surface area contributed by atoms with Crippen molar-refractivity contribution >= 4 is 22.4 Å². The highest BCUT2D eigenvalue weighted by atomic mass is 32.1. The second-order valence-electron chi connectivity index (χ2n) is 5.39. The topological polar surface area (TPSA) is 45.2 Å². The zero-order valence-corrected chi connectivity index (χ0v) is 11.4. The van der Waals surface area contributed by atoms with Crippen molar-refractivity contribution in [2.45, 2.75) is 6.42 Å². The molecular weight excluding hydrogens is 258 g/mol. The van der Waals surface area contributed by atoms with Gasteiger partial charge in [0.05, 0.1) is 0 Å². The van der Waals surface area contributed by atoms with Crippen LogP contribution < -0.4 is 9.80 Å². The molecule has 0 amide bonds. The van der Waals surface area contributed by atoms with Crippen molar-refractivity contribution in [2.75, 3.05) is 36.0 Å². The van der Waals surface area contributed by atoms with Gasteiger partial charge in [0.25, 0.3) is 0 Å². The summed E-state index contributed by atoms with van der Waals surface area (Å²) in [7, 11) is 0. The fourth-order valence-corrected chi connectivity index (χ4v) is 3.73. The van der Waals surface area contributed by atoms with Crippen LogP contribution >= 0.6 is 11.3 Å². The molecule has 19 heavy (non-hydrogen) atoms. The molecule has 0 aromatic carbocycles. The number of hydrogen-bond donors (Lipinski definition) is 0. The van der Waals surface area contributed by atoms with E-state index in [-0.39, 0.29) is 0 Å². The normalized spacial score (nSPS) is 20.8. The van der Waals surface area contributed by atoms with E-state index < -0.39 is 0 Å². The van der Waals surface area contributed by atoms with Crippen LogP contribution in [0.2, 0.25) is 0 Å². The molecule has 98 valence electrons. The summed E-state index contributed by atoms with van der Waals surface area (Å²) in [4.78, 5) is 17.7. The summed E-state index contributed by atoms with van der Waals surface area (Å²) in [6.45, 7) is 4.36. The van der Waals surface area contributed by atoms with E-state index in [4.69, 9.17) is 0 Å². The van der Waals surface area contributed by atoms with Crippen molar-refractivity contribution in [3.8, 4) is 0 Å². The highest BCUT2D eigenvalue weighted by molar-refractivity contribution is 7.13. The lowest BCUT2D eigenvalue weighted by atomic mass is 9.79. The summed E-state index contributed by atoms with van der Waals surface area (Å²) in [5, 5.41) is 3.19. The highest BCUT2D eigenvalue weighted by Gasteiger charge is 2.48. The van der Waals surface area contributed by atoms with E-state index in [0.29, 0.717) is 5.41 Å². The van der Waals surface area contributed by atoms with Gasteiger partial charge in [-0.2, -0.15) is 0 Å². The summed E-state index contributed by atoms with van der Waals surface area (Å²) in [5.41, 5.74) is 0.421. The molecule has 0 N–H and O–H groups in total. The van der Waals surface area contributed by atoms with E-state index in [1.165, 1.54) is 6.42 Å². The molecule has 2 aliphatic rings. The van der Waals surface area contributed by atoms with Gasteiger partial charge in [0.1, 0.15) is 0 Å². The Labute approximate surface area is 115 Å². The molecule has 1 spiro atoms. The molecule has 0 radical (unpaired) electrons.